The Balaban J connectivity index is 2.10. The Hall–Kier alpha value is -1.37. The predicted octanol–water partition coefficient (Wildman–Crippen LogP) is 2.55. The third-order valence-corrected chi connectivity index (χ3v) is 3.55. The average Bonchev–Trinajstić information content (AvgIpc) is 2.84. The zero-order valence-corrected chi connectivity index (χ0v) is 12.1. The first kappa shape index (κ1) is 14.0. The van der Waals surface area contributed by atoms with Crippen molar-refractivity contribution in [1.29, 1.82) is 0 Å². The number of aromatic nitrogens is 1. The molecule has 0 aliphatic carbocycles. The molecule has 19 heavy (non-hydrogen) atoms. The van der Waals surface area contributed by atoms with E-state index < -0.39 is 0 Å². The standard InChI is InChI=1S/C13H14FN3S2/c1-17(6-10-7-19-8-16-10)5-9-3-2-4-11(12(9)14)13(15)18/h2-4,7-8H,5-6H2,1H3,(H2,15,18). The number of nitrogens with two attached hydrogens (primary N) is 1. The number of nitrogens with zero attached hydrogens (tertiary/aromatic N) is 2. The highest BCUT2D eigenvalue weighted by Crippen LogP contribution is 2.15. The van der Waals surface area contributed by atoms with E-state index in [0.29, 0.717) is 24.2 Å². The van der Waals surface area contributed by atoms with Crippen molar-refractivity contribution in [2.45, 2.75) is 13.1 Å². The van der Waals surface area contributed by atoms with Crippen LogP contribution in [0.2, 0.25) is 0 Å². The summed E-state index contributed by atoms with van der Waals surface area (Å²) in [6, 6.07) is 5.11. The second-order valence-corrected chi connectivity index (χ2v) is 5.45. The number of thiocarbonyl (C=S) groups is 1. The van der Waals surface area contributed by atoms with Crippen molar-refractivity contribution in [3.8, 4) is 0 Å². The summed E-state index contributed by atoms with van der Waals surface area (Å²) in [6.07, 6.45) is 0. The Bertz CT molecular complexity index is 569. The lowest BCUT2D eigenvalue weighted by molar-refractivity contribution is 0.310. The van der Waals surface area contributed by atoms with E-state index in [2.05, 4.69) is 4.98 Å². The van der Waals surface area contributed by atoms with Crippen molar-refractivity contribution >= 4 is 28.5 Å². The largest absolute Gasteiger partial charge is 0.389 e. The molecule has 0 aliphatic rings. The van der Waals surface area contributed by atoms with Gasteiger partial charge in [-0.3, -0.25) is 4.90 Å². The molecule has 3 nitrogen and oxygen atoms in total. The van der Waals surface area contributed by atoms with Gasteiger partial charge in [0.05, 0.1) is 11.2 Å². The third kappa shape index (κ3) is 3.56. The van der Waals surface area contributed by atoms with Gasteiger partial charge in [0.1, 0.15) is 10.8 Å². The maximum atomic E-state index is 14.2. The molecule has 0 spiro atoms. The van der Waals surface area contributed by atoms with Gasteiger partial charge < -0.3 is 5.73 Å². The lowest BCUT2D eigenvalue weighted by atomic mass is 10.1. The van der Waals surface area contributed by atoms with Crippen LogP contribution in [0.3, 0.4) is 0 Å². The third-order valence-electron chi connectivity index (χ3n) is 2.70. The summed E-state index contributed by atoms with van der Waals surface area (Å²) in [5.74, 6) is -0.333. The fourth-order valence-electron chi connectivity index (χ4n) is 1.83. The Kier molecular flexibility index (Phi) is 4.57. The van der Waals surface area contributed by atoms with Crippen molar-refractivity contribution in [2.24, 2.45) is 5.73 Å². The molecule has 0 unspecified atom stereocenters. The van der Waals surface area contributed by atoms with E-state index in [1.807, 2.05) is 17.3 Å². The zero-order valence-electron chi connectivity index (χ0n) is 10.5. The van der Waals surface area contributed by atoms with Crippen LogP contribution in [0.4, 0.5) is 4.39 Å². The van der Waals surface area contributed by atoms with Gasteiger partial charge in [0.25, 0.3) is 0 Å². The highest BCUT2D eigenvalue weighted by atomic mass is 32.1. The van der Waals surface area contributed by atoms with Crippen molar-refractivity contribution in [3.05, 3.63) is 51.7 Å². The summed E-state index contributed by atoms with van der Waals surface area (Å²) in [6.45, 7) is 1.17. The molecule has 2 N–H and O–H groups in total. The van der Waals surface area contributed by atoms with Crippen LogP contribution < -0.4 is 5.73 Å². The molecule has 1 heterocycles. The van der Waals surface area contributed by atoms with Crippen molar-refractivity contribution in [3.63, 3.8) is 0 Å². The van der Waals surface area contributed by atoms with Crippen LogP contribution >= 0.6 is 23.6 Å². The summed E-state index contributed by atoms with van der Waals surface area (Å²) in [4.78, 5) is 6.29. The van der Waals surface area contributed by atoms with Gasteiger partial charge in [0.2, 0.25) is 0 Å². The lowest BCUT2D eigenvalue weighted by Crippen LogP contribution is -2.20. The molecular formula is C13H14FN3S2. The fourth-order valence-corrected chi connectivity index (χ4v) is 2.54. The van der Waals surface area contributed by atoms with Crippen LogP contribution in [-0.2, 0) is 13.1 Å². The predicted molar refractivity (Wildman–Crippen MR) is 79.6 cm³/mol. The molecule has 0 fully saturated rings. The molecule has 1 aromatic carbocycles. The van der Waals surface area contributed by atoms with Crippen molar-refractivity contribution in [1.82, 2.24) is 9.88 Å². The maximum Gasteiger partial charge on any atom is 0.137 e. The van der Waals surface area contributed by atoms with Gasteiger partial charge in [-0.1, -0.05) is 24.4 Å². The Morgan fingerprint density at radius 2 is 2.26 bits per heavy atom. The molecule has 2 aromatic rings. The number of halogens is 1. The second-order valence-electron chi connectivity index (χ2n) is 4.30. The molecular weight excluding hydrogens is 281 g/mol. The van der Waals surface area contributed by atoms with Gasteiger partial charge in [-0.2, -0.15) is 0 Å². The smallest absolute Gasteiger partial charge is 0.137 e. The van der Waals surface area contributed by atoms with Crippen LogP contribution in [-0.4, -0.2) is 21.9 Å². The van der Waals surface area contributed by atoms with Crippen LogP contribution in [0.15, 0.2) is 29.1 Å². The minimum Gasteiger partial charge on any atom is -0.389 e. The molecule has 0 amide bonds. The molecule has 0 aliphatic heterocycles. The average molecular weight is 295 g/mol. The topological polar surface area (TPSA) is 42.2 Å². The van der Waals surface area contributed by atoms with Crippen LogP contribution in [0.1, 0.15) is 16.8 Å². The molecule has 0 radical (unpaired) electrons. The number of thiazole rings is 1. The van der Waals surface area contributed by atoms with Crippen LogP contribution in [0.25, 0.3) is 0 Å². The highest BCUT2D eigenvalue weighted by Gasteiger charge is 2.12. The molecule has 0 atom stereocenters. The zero-order chi connectivity index (χ0) is 13.8. The summed E-state index contributed by atoms with van der Waals surface area (Å²) in [5.41, 5.74) is 9.15. The molecule has 0 saturated carbocycles. The maximum absolute atomic E-state index is 14.2. The van der Waals surface area contributed by atoms with Gasteiger partial charge in [-0.15, -0.1) is 11.3 Å². The first-order valence-corrected chi connectivity index (χ1v) is 7.06. The van der Waals surface area contributed by atoms with Crippen LogP contribution in [0, 0.1) is 5.82 Å². The van der Waals surface area contributed by atoms with E-state index in [4.69, 9.17) is 18.0 Å². The molecule has 0 saturated heterocycles. The van der Waals surface area contributed by atoms with E-state index in [0.717, 1.165) is 5.69 Å². The monoisotopic (exact) mass is 295 g/mol. The highest BCUT2D eigenvalue weighted by molar-refractivity contribution is 7.80. The minimum absolute atomic E-state index is 0.0847. The molecule has 100 valence electrons. The van der Waals surface area contributed by atoms with E-state index in [1.165, 1.54) is 0 Å². The number of rotatable bonds is 5. The SMILES string of the molecule is CN(Cc1cscn1)Cc1cccc(C(N)=S)c1F. The molecule has 2 rings (SSSR count). The summed E-state index contributed by atoms with van der Waals surface area (Å²) in [7, 11) is 1.92. The number of benzene rings is 1. The second kappa shape index (κ2) is 6.18. The number of hydrogen-bond acceptors (Lipinski definition) is 4. The molecule has 1 aromatic heterocycles. The number of hydrogen-bond donors (Lipinski definition) is 1. The van der Waals surface area contributed by atoms with E-state index >= 15 is 0 Å². The van der Waals surface area contributed by atoms with Crippen molar-refractivity contribution < 1.29 is 4.39 Å². The van der Waals surface area contributed by atoms with E-state index in [-0.39, 0.29) is 10.8 Å². The van der Waals surface area contributed by atoms with Gasteiger partial charge in [0, 0.05) is 29.6 Å². The van der Waals surface area contributed by atoms with Gasteiger partial charge in [-0.05, 0) is 13.1 Å². The lowest BCUT2D eigenvalue weighted by Gasteiger charge is -2.16. The fraction of sp³-hybridized carbons (Fsp3) is 0.231. The van der Waals surface area contributed by atoms with Gasteiger partial charge in [-0.25, -0.2) is 9.37 Å². The van der Waals surface area contributed by atoms with Gasteiger partial charge in [0.15, 0.2) is 0 Å². The molecule has 6 heteroatoms. The first-order chi connectivity index (χ1) is 9.08. The molecule has 0 bridgehead atoms. The van der Waals surface area contributed by atoms with E-state index in [9.17, 15) is 4.39 Å². The summed E-state index contributed by atoms with van der Waals surface area (Å²) in [5, 5.41) is 1.98. The Labute approximate surface area is 120 Å². The van der Waals surface area contributed by atoms with Gasteiger partial charge >= 0.3 is 0 Å². The minimum atomic E-state index is -0.333. The van der Waals surface area contributed by atoms with Crippen molar-refractivity contribution in [2.75, 3.05) is 7.05 Å². The quantitative estimate of drug-likeness (QED) is 0.861. The van der Waals surface area contributed by atoms with E-state index in [1.54, 1.807) is 35.0 Å². The normalized spacial score (nSPS) is 10.9. The summed E-state index contributed by atoms with van der Waals surface area (Å²) >= 11 is 6.38. The summed E-state index contributed by atoms with van der Waals surface area (Å²) < 4.78 is 14.2. The first-order valence-electron chi connectivity index (χ1n) is 5.70. The van der Waals surface area contributed by atoms with Crippen LogP contribution in [0.5, 0.6) is 0 Å². The Morgan fingerprint density at radius 1 is 1.47 bits per heavy atom. The Morgan fingerprint density at radius 3 is 2.89 bits per heavy atom.